The standard InChI is InChI=1S/C15H13ClN2S2/c16-13-6-12(17-7-10-2-1-5-19-10)15-14(18-13)11(8-20-15)9-3-4-9/h1-2,5-6,8-9H,3-4,7H2,(H,17,18). The summed E-state index contributed by atoms with van der Waals surface area (Å²) in [6.07, 6.45) is 2.58. The molecule has 3 heterocycles. The van der Waals surface area contributed by atoms with E-state index in [1.165, 1.54) is 28.0 Å². The fourth-order valence-corrected chi connectivity index (χ4v) is 4.33. The zero-order valence-corrected chi connectivity index (χ0v) is 13.1. The summed E-state index contributed by atoms with van der Waals surface area (Å²) < 4.78 is 1.23. The van der Waals surface area contributed by atoms with Gasteiger partial charge in [0.05, 0.1) is 15.9 Å². The number of thiophene rings is 2. The second-order valence-electron chi connectivity index (χ2n) is 5.07. The Hall–Kier alpha value is -1.10. The van der Waals surface area contributed by atoms with Gasteiger partial charge in [-0.1, -0.05) is 17.7 Å². The van der Waals surface area contributed by atoms with Gasteiger partial charge in [-0.3, -0.25) is 0 Å². The zero-order valence-electron chi connectivity index (χ0n) is 10.7. The molecule has 0 amide bonds. The highest BCUT2D eigenvalue weighted by Crippen LogP contribution is 2.46. The molecule has 1 N–H and O–H groups in total. The Kier molecular flexibility index (Phi) is 3.17. The van der Waals surface area contributed by atoms with E-state index in [0.29, 0.717) is 11.1 Å². The predicted molar refractivity (Wildman–Crippen MR) is 88.3 cm³/mol. The first kappa shape index (κ1) is 12.6. The number of nitrogens with zero attached hydrogens (tertiary/aromatic N) is 1. The minimum absolute atomic E-state index is 0.575. The van der Waals surface area contributed by atoms with Gasteiger partial charge in [0.25, 0.3) is 0 Å². The van der Waals surface area contributed by atoms with E-state index in [4.69, 9.17) is 11.6 Å². The molecule has 0 saturated heterocycles. The van der Waals surface area contributed by atoms with Crippen molar-refractivity contribution in [1.82, 2.24) is 4.98 Å². The minimum atomic E-state index is 0.575. The molecule has 0 aromatic carbocycles. The van der Waals surface area contributed by atoms with Crippen molar-refractivity contribution in [2.24, 2.45) is 0 Å². The fourth-order valence-electron chi connectivity index (χ4n) is 2.41. The maximum absolute atomic E-state index is 6.19. The fraction of sp³-hybridized carbons (Fsp3) is 0.267. The van der Waals surface area contributed by atoms with Crippen molar-refractivity contribution in [3.05, 3.63) is 44.6 Å². The number of aromatic nitrogens is 1. The highest BCUT2D eigenvalue weighted by molar-refractivity contribution is 7.18. The van der Waals surface area contributed by atoms with E-state index in [0.717, 1.165) is 17.7 Å². The van der Waals surface area contributed by atoms with Crippen molar-refractivity contribution < 1.29 is 0 Å². The highest BCUT2D eigenvalue weighted by atomic mass is 35.5. The van der Waals surface area contributed by atoms with Crippen LogP contribution in [0.3, 0.4) is 0 Å². The molecule has 0 spiro atoms. The van der Waals surface area contributed by atoms with Crippen molar-refractivity contribution >= 4 is 50.2 Å². The molecule has 102 valence electrons. The lowest BCUT2D eigenvalue weighted by atomic mass is 10.2. The Morgan fingerprint density at radius 2 is 2.25 bits per heavy atom. The average molecular weight is 321 g/mol. The SMILES string of the molecule is Clc1cc(NCc2cccs2)c2scc(C3CC3)c2n1. The van der Waals surface area contributed by atoms with Crippen molar-refractivity contribution in [1.29, 1.82) is 0 Å². The van der Waals surface area contributed by atoms with Gasteiger partial charge in [0.15, 0.2) is 0 Å². The molecule has 20 heavy (non-hydrogen) atoms. The summed E-state index contributed by atoms with van der Waals surface area (Å²) >= 11 is 9.73. The van der Waals surface area contributed by atoms with Gasteiger partial charge >= 0.3 is 0 Å². The maximum atomic E-state index is 6.19. The normalized spacial score (nSPS) is 14.8. The predicted octanol–water partition coefficient (Wildman–Crippen LogP) is 5.50. The van der Waals surface area contributed by atoms with E-state index in [9.17, 15) is 0 Å². The van der Waals surface area contributed by atoms with E-state index < -0.39 is 0 Å². The van der Waals surface area contributed by atoms with Crippen molar-refractivity contribution in [2.75, 3.05) is 5.32 Å². The Labute approximate surface area is 130 Å². The second-order valence-corrected chi connectivity index (χ2v) is 7.37. The Morgan fingerprint density at radius 3 is 3.00 bits per heavy atom. The van der Waals surface area contributed by atoms with Crippen LogP contribution in [0, 0.1) is 0 Å². The first-order chi connectivity index (χ1) is 9.81. The Bertz CT molecular complexity index is 745. The number of rotatable bonds is 4. The monoisotopic (exact) mass is 320 g/mol. The summed E-state index contributed by atoms with van der Waals surface area (Å²) in [6.45, 7) is 0.837. The van der Waals surface area contributed by atoms with Crippen molar-refractivity contribution in [2.45, 2.75) is 25.3 Å². The largest absolute Gasteiger partial charge is 0.379 e. The molecule has 1 aliphatic carbocycles. The number of anilines is 1. The molecule has 5 heteroatoms. The molecular formula is C15H13ClN2S2. The van der Waals surface area contributed by atoms with Gasteiger partial charge in [-0.2, -0.15) is 0 Å². The number of nitrogens with one attached hydrogen (secondary N) is 1. The molecule has 1 fully saturated rings. The molecule has 0 atom stereocenters. The van der Waals surface area contributed by atoms with Crippen molar-refractivity contribution in [3.8, 4) is 0 Å². The zero-order chi connectivity index (χ0) is 13.5. The summed E-state index contributed by atoms with van der Waals surface area (Å²) in [5.41, 5.74) is 3.58. The number of fused-ring (bicyclic) bond motifs is 1. The molecule has 4 rings (SSSR count). The number of hydrogen-bond acceptors (Lipinski definition) is 4. The van der Waals surface area contributed by atoms with Crippen LogP contribution in [0.1, 0.15) is 29.2 Å². The number of halogens is 1. The van der Waals surface area contributed by atoms with Crippen LogP contribution in [0.4, 0.5) is 5.69 Å². The van der Waals surface area contributed by atoms with Gasteiger partial charge in [-0.15, -0.1) is 22.7 Å². The lowest BCUT2D eigenvalue weighted by Crippen LogP contribution is -1.98. The van der Waals surface area contributed by atoms with Crippen LogP contribution in [-0.2, 0) is 6.54 Å². The van der Waals surface area contributed by atoms with Crippen LogP contribution in [-0.4, -0.2) is 4.98 Å². The van der Waals surface area contributed by atoms with Crippen LogP contribution < -0.4 is 5.32 Å². The van der Waals surface area contributed by atoms with Crippen LogP contribution in [0.25, 0.3) is 10.2 Å². The molecule has 0 unspecified atom stereocenters. The smallest absolute Gasteiger partial charge is 0.131 e. The van der Waals surface area contributed by atoms with Gasteiger partial charge in [-0.05, 0) is 41.1 Å². The molecule has 3 aromatic rings. The molecule has 3 aromatic heterocycles. The third-order valence-electron chi connectivity index (χ3n) is 3.57. The average Bonchev–Trinajstić information content (AvgIpc) is 2.99. The summed E-state index contributed by atoms with van der Waals surface area (Å²) in [7, 11) is 0. The molecule has 1 saturated carbocycles. The van der Waals surface area contributed by atoms with Crippen LogP contribution in [0.5, 0.6) is 0 Å². The molecule has 0 aliphatic heterocycles. The third kappa shape index (κ3) is 2.32. The van der Waals surface area contributed by atoms with E-state index >= 15 is 0 Å². The van der Waals surface area contributed by atoms with Crippen LogP contribution in [0.2, 0.25) is 5.15 Å². The summed E-state index contributed by atoms with van der Waals surface area (Å²) in [6, 6.07) is 6.15. The van der Waals surface area contributed by atoms with Gasteiger partial charge in [0.2, 0.25) is 0 Å². The summed E-state index contributed by atoms with van der Waals surface area (Å²) in [5, 5.41) is 8.43. The second kappa shape index (κ2) is 5.02. The summed E-state index contributed by atoms with van der Waals surface area (Å²) in [4.78, 5) is 5.87. The van der Waals surface area contributed by atoms with E-state index in [2.05, 4.69) is 33.2 Å². The molecular weight excluding hydrogens is 308 g/mol. The number of hydrogen-bond donors (Lipinski definition) is 1. The van der Waals surface area contributed by atoms with E-state index in [-0.39, 0.29) is 0 Å². The van der Waals surface area contributed by atoms with Crippen LogP contribution >= 0.6 is 34.3 Å². The maximum Gasteiger partial charge on any atom is 0.131 e. The van der Waals surface area contributed by atoms with Crippen molar-refractivity contribution in [3.63, 3.8) is 0 Å². The summed E-state index contributed by atoms with van der Waals surface area (Å²) in [5.74, 6) is 0.708. The van der Waals surface area contributed by atoms with Gasteiger partial charge in [0.1, 0.15) is 5.15 Å². The molecule has 1 aliphatic rings. The molecule has 0 radical (unpaired) electrons. The Balaban J connectivity index is 1.70. The van der Waals surface area contributed by atoms with Gasteiger partial charge < -0.3 is 5.32 Å². The first-order valence-electron chi connectivity index (χ1n) is 6.65. The quantitative estimate of drug-likeness (QED) is 0.642. The molecule has 0 bridgehead atoms. The van der Waals surface area contributed by atoms with Gasteiger partial charge in [-0.25, -0.2) is 4.98 Å². The lowest BCUT2D eigenvalue weighted by Gasteiger charge is -2.07. The Morgan fingerprint density at radius 1 is 1.35 bits per heavy atom. The van der Waals surface area contributed by atoms with E-state index in [1.54, 1.807) is 22.7 Å². The number of pyridine rings is 1. The van der Waals surface area contributed by atoms with Gasteiger partial charge in [0, 0.05) is 17.5 Å². The lowest BCUT2D eigenvalue weighted by molar-refractivity contribution is 1.15. The molecule has 2 nitrogen and oxygen atoms in total. The van der Waals surface area contributed by atoms with Crippen LogP contribution in [0.15, 0.2) is 29.0 Å². The topological polar surface area (TPSA) is 24.9 Å². The first-order valence-corrected chi connectivity index (χ1v) is 8.79. The minimum Gasteiger partial charge on any atom is -0.379 e. The third-order valence-corrected chi connectivity index (χ3v) is 5.66. The highest BCUT2D eigenvalue weighted by Gasteiger charge is 2.27. The van der Waals surface area contributed by atoms with E-state index in [1.807, 2.05) is 6.07 Å².